The molecule has 4 N–H and O–H groups in total. The van der Waals surface area contributed by atoms with Crippen LogP contribution in [0.5, 0.6) is 5.75 Å². The quantitative estimate of drug-likeness (QED) is 0.123. The summed E-state index contributed by atoms with van der Waals surface area (Å²) in [5.41, 5.74) is 5.35. The highest BCUT2D eigenvalue weighted by atomic mass is 35.5. The number of nitrogens with zero attached hydrogens (tertiary/aromatic N) is 2. The number of nitrogens with one attached hydrogen (secondary N) is 4. The Morgan fingerprint density at radius 1 is 0.897 bits per heavy atom. The van der Waals surface area contributed by atoms with Crippen LogP contribution in [0.15, 0.2) is 60.0 Å². The Morgan fingerprint density at radius 2 is 1.59 bits per heavy atom. The Hall–Kier alpha value is -5.53. The molecule has 2 aliphatic heterocycles. The summed E-state index contributed by atoms with van der Waals surface area (Å²) in [5, 5.41) is 10.2. The highest BCUT2D eigenvalue weighted by molar-refractivity contribution is 7.17. The van der Waals surface area contributed by atoms with Gasteiger partial charge in [0.1, 0.15) is 17.0 Å². The molecule has 0 saturated carbocycles. The fourth-order valence-corrected chi connectivity index (χ4v) is 9.26. The van der Waals surface area contributed by atoms with E-state index in [4.69, 9.17) is 21.1 Å². The SMILES string of the molecule is Cc1csc2c(OC(=O)N3CCCCC(C)CC3)cc3c(c12)C(CCl)CN3C(=O)c1cc2cc(NC(=O)c3cc4cc(NC(=O)OC(C)(C)C)ccc4[nH]3)ccc2[nH]1. The molecule has 6 aromatic rings. The number of aromatic nitrogens is 2. The van der Waals surface area contributed by atoms with Gasteiger partial charge in [0.05, 0.1) is 10.4 Å². The molecular weight excluding hydrogens is 776 g/mol. The van der Waals surface area contributed by atoms with Gasteiger partial charge in [-0.15, -0.1) is 22.9 Å². The zero-order valence-corrected chi connectivity index (χ0v) is 34.8. The first kappa shape index (κ1) is 39.3. The van der Waals surface area contributed by atoms with Crippen LogP contribution in [0, 0.1) is 12.8 Å². The van der Waals surface area contributed by atoms with Crippen molar-refractivity contribution in [2.75, 3.05) is 41.0 Å². The van der Waals surface area contributed by atoms with Crippen LogP contribution in [0.2, 0.25) is 0 Å². The van der Waals surface area contributed by atoms with Crippen LogP contribution in [0.1, 0.15) is 91.4 Å². The number of amides is 4. The second kappa shape index (κ2) is 15.7. The number of anilines is 3. The van der Waals surface area contributed by atoms with Gasteiger partial charge in [0.15, 0.2) is 5.75 Å². The average molecular weight is 823 g/mol. The molecule has 12 nitrogen and oxygen atoms in total. The van der Waals surface area contributed by atoms with Crippen molar-refractivity contribution >= 4 is 95.9 Å². The molecule has 4 amide bonds. The number of H-pyrrole nitrogens is 2. The molecule has 0 bridgehead atoms. The van der Waals surface area contributed by atoms with E-state index in [1.165, 1.54) is 17.8 Å². The number of aromatic amines is 2. The molecule has 1 saturated heterocycles. The lowest BCUT2D eigenvalue weighted by atomic mass is 9.97. The van der Waals surface area contributed by atoms with Gasteiger partial charge in [-0.05, 0) is 111 Å². The number of ether oxygens (including phenoxy) is 2. The van der Waals surface area contributed by atoms with Gasteiger partial charge in [-0.1, -0.05) is 19.8 Å². The third-order valence-electron chi connectivity index (χ3n) is 10.9. The van der Waals surface area contributed by atoms with Crippen molar-refractivity contribution in [3.05, 3.63) is 82.5 Å². The maximum absolute atomic E-state index is 14.4. The molecule has 0 spiro atoms. The molecule has 8 rings (SSSR count). The second-order valence-corrected chi connectivity index (χ2v) is 17.7. The van der Waals surface area contributed by atoms with Crippen molar-refractivity contribution in [1.82, 2.24) is 14.9 Å². The third-order valence-corrected chi connectivity index (χ3v) is 12.4. The van der Waals surface area contributed by atoms with Crippen LogP contribution >= 0.6 is 22.9 Å². The van der Waals surface area contributed by atoms with Crippen LogP contribution in [0.3, 0.4) is 0 Å². The Labute approximate surface area is 345 Å². The van der Waals surface area contributed by atoms with Crippen molar-refractivity contribution in [2.24, 2.45) is 5.92 Å². The number of rotatable bonds is 6. The molecule has 14 heteroatoms. The average Bonchev–Trinajstić information content (AvgIpc) is 3.95. The van der Waals surface area contributed by atoms with Gasteiger partial charge < -0.3 is 34.6 Å². The number of thiophene rings is 1. The highest BCUT2D eigenvalue weighted by Gasteiger charge is 2.37. The van der Waals surface area contributed by atoms with E-state index < -0.39 is 11.7 Å². The molecule has 58 heavy (non-hydrogen) atoms. The number of fused-ring (bicyclic) bond motifs is 5. The minimum Gasteiger partial charge on any atom is -0.444 e. The van der Waals surface area contributed by atoms with Gasteiger partial charge in [0, 0.05) is 76.1 Å². The fourth-order valence-electron chi connectivity index (χ4n) is 7.99. The van der Waals surface area contributed by atoms with E-state index in [1.807, 2.05) is 30.0 Å². The predicted octanol–water partition coefficient (Wildman–Crippen LogP) is 10.8. The van der Waals surface area contributed by atoms with Gasteiger partial charge in [0.25, 0.3) is 11.8 Å². The van der Waals surface area contributed by atoms with E-state index in [9.17, 15) is 19.2 Å². The van der Waals surface area contributed by atoms with Crippen molar-refractivity contribution < 1.29 is 28.7 Å². The predicted molar refractivity (Wildman–Crippen MR) is 231 cm³/mol. The van der Waals surface area contributed by atoms with E-state index in [0.717, 1.165) is 62.3 Å². The zero-order chi connectivity index (χ0) is 40.9. The van der Waals surface area contributed by atoms with Gasteiger partial charge in [-0.3, -0.25) is 14.9 Å². The minimum absolute atomic E-state index is 0.110. The van der Waals surface area contributed by atoms with E-state index in [1.54, 1.807) is 62.1 Å². The Morgan fingerprint density at radius 3 is 2.29 bits per heavy atom. The fraction of sp³-hybridized carbons (Fsp3) is 0.364. The van der Waals surface area contributed by atoms with Crippen molar-refractivity contribution in [3.63, 3.8) is 0 Å². The topological polar surface area (TPSA) is 149 Å². The Kier molecular flexibility index (Phi) is 10.6. The molecule has 302 valence electrons. The van der Waals surface area contributed by atoms with E-state index in [-0.39, 0.29) is 23.8 Å². The van der Waals surface area contributed by atoms with Crippen LogP contribution in [0.25, 0.3) is 31.9 Å². The molecule has 2 unspecified atom stereocenters. The molecule has 0 radical (unpaired) electrons. The lowest BCUT2D eigenvalue weighted by Crippen LogP contribution is -2.37. The first-order chi connectivity index (χ1) is 27.7. The number of hydrogen-bond acceptors (Lipinski definition) is 7. The largest absolute Gasteiger partial charge is 0.444 e. The van der Waals surface area contributed by atoms with Crippen LogP contribution in [0.4, 0.5) is 26.7 Å². The standard InChI is InChI=1S/C44H47ClN6O6S/c1-24-8-6-7-14-50(15-13-24)43(55)56-36-20-35-38(37-25(2)23-58-39(36)37)28(21-45)22-51(35)41(53)34-19-27-16-29(9-11-32(27)49-34)46-40(52)33-18-26-17-30(10-12-31(26)48-33)47-42(54)57-44(3,4)5/h9-12,16-20,23-24,28,48-49H,6-8,13-15,21-22H2,1-5H3,(H,46,52)(H,47,54). The van der Waals surface area contributed by atoms with Gasteiger partial charge in [-0.25, -0.2) is 9.59 Å². The Balaban J connectivity index is 1.02. The number of carbonyl (C=O) groups is 4. The monoisotopic (exact) mass is 822 g/mol. The molecule has 2 atom stereocenters. The normalized spacial score (nSPS) is 17.3. The highest BCUT2D eigenvalue weighted by Crippen LogP contribution is 2.49. The summed E-state index contributed by atoms with van der Waals surface area (Å²) >= 11 is 8.12. The summed E-state index contributed by atoms with van der Waals surface area (Å²) in [7, 11) is 0. The molecule has 3 aromatic carbocycles. The number of alkyl halides is 1. The number of hydrogen-bond donors (Lipinski definition) is 4. The zero-order valence-electron chi connectivity index (χ0n) is 33.2. The smallest absolute Gasteiger partial charge is 0.415 e. The molecule has 2 aliphatic rings. The van der Waals surface area contributed by atoms with Crippen LogP contribution in [-0.2, 0) is 4.74 Å². The lowest BCUT2D eigenvalue weighted by Gasteiger charge is -2.26. The summed E-state index contributed by atoms with van der Waals surface area (Å²) in [6.07, 6.45) is 3.21. The van der Waals surface area contributed by atoms with Crippen molar-refractivity contribution in [1.29, 1.82) is 0 Å². The summed E-state index contributed by atoms with van der Waals surface area (Å²) in [5.74, 6) is 0.629. The summed E-state index contributed by atoms with van der Waals surface area (Å²) < 4.78 is 12.4. The van der Waals surface area contributed by atoms with Crippen LogP contribution < -0.4 is 20.3 Å². The maximum atomic E-state index is 14.4. The van der Waals surface area contributed by atoms with E-state index in [2.05, 4.69) is 32.9 Å². The summed E-state index contributed by atoms with van der Waals surface area (Å²) in [6, 6.07) is 16.0. The van der Waals surface area contributed by atoms with Gasteiger partial charge in [-0.2, -0.15) is 0 Å². The summed E-state index contributed by atoms with van der Waals surface area (Å²) in [4.78, 5) is 63.6. The van der Waals surface area contributed by atoms with Gasteiger partial charge >= 0.3 is 12.2 Å². The number of aryl methyl sites for hydroxylation is 1. The Bertz CT molecular complexity index is 2590. The molecular formula is C44H47ClN6O6S. The second-order valence-electron chi connectivity index (χ2n) is 16.5. The molecule has 3 aromatic heterocycles. The van der Waals surface area contributed by atoms with E-state index >= 15 is 0 Å². The first-order valence-corrected chi connectivity index (χ1v) is 21.1. The van der Waals surface area contributed by atoms with Crippen molar-refractivity contribution in [3.8, 4) is 5.75 Å². The molecule has 0 aliphatic carbocycles. The third kappa shape index (κ3) is 7.97. The minimum atomic E-state index is -0.632. The number of likely N-dealkylation sites (tertiary alicyclic amines) is 1. The van der Waals surface area contributed by atoms with E-state index in [0.29, 0.717) is 65.6 Å². The van der Waals surface area contributed by atoms with Crippen molar-refractivity contribution in [2.45, 2.75) is 71.8 Å². The molecule has 1 fully saturated rings. The number of benzene rings is 3. The van der Waals surface area contributed by atoms with Gasteiger partial charge in [0.2, 0.25) is 0 Å². The molecule has 5 heterocycles. The first-order valence-electron chi connectivity index (χ1n) is 19.7. The lowest BCUT2D eigenvalue weighted by molar-refractivity contribution is 0.0635. The summed E-state index contributed by atoms with van der Waals surface area (Å²) in [6.45, 7) is 11.3. The number of carbonyl (C=O) groups excluding carboxylic acids is 4. The number of halogens is 1. The maximum Gasteiger partial charge on any atom is 0.415 e. The van der Waals surface area contributed by atoms with Crippen LogP contribution in [-0.4, -0.2) is 70.0 Å².